The summed E-state index contributed by atoms with van der Waals surface area (Å²) < 4.78 is 8.00. The van der Waals surface area contributed by atoms with Crippen molar-refractivity contribution in [2.45, 2.75) is 43.7 Å². The Hall–Kier alpha value is -0.890. The van der Waals surface area contributed by atoms with Gasteiger partial charge in [-0.3, -0.25) is 4.90 Å². The maximum absolute atomic E-state index is 5.77. The summed E-state index contributed by atoms with van der Waals surface area (Å²) >= 11 is 3.44. The minimum absolute atomic E-state index is 0.309. The molecule has 3 rings (SSSR count). The topological polar surface area (TPSA) is 43.2 Å². The molecule has 0 spiro atoms. The van der Waals surface area contributed by atoms with Crippen LogP contribution in [0, 0.1) is 0 Å². The zero-order valence-corrected chi connectivity index (χ0v) is 14.7. The van der Waals surface area contributed by atoms with Crippen molar-refractivity contribution in [3.63, 3.8) is 0 Å². The SMILES string of the molecule is CSc1nnc(CN(C)Cc2cccs2)n1C[C@H]1CCCO1. The van der Waals surface area contributed by atoms with Crippen molar-refractivity contribution >= 4 is 23.1 Å². The smallest absolute Gasteiger partial charge is 0.191 e. The van der Waals surface area contributed by atoms with Crippen LogP contribution >= 0.6 is 23.1 Å². The van der Waals surface area contributed by atoms with Crippen molar-refractivity contribution in [2.75, 3.05) is 19.9 Å². The van der Waals surface area contributed by atoms with Gasteiger partial charge in [-0.25, -0.2) is 0 Å². The quantitative estimate of drug-likeness (QED) is 0.726. The van der Waals surface area contributed by atoms with Crippen LogP contribution in [0.3, 0.4) is 0 Å². The number of aromatic nitrogens is 3. The van der Waals surface area contributed by atoms with Gasteiger partial charge in [-0.1, -0.05) is 17.8 Å². The van der Waals surface area contributed by atoms with E-state index in [-0.39, 0.29) is 0 Å². The predicted octanol–water partition coefficient (Wildman–Crippen LogP) is 2.87. The lowest BCUT2D eigenvalue weighted by Crippen LogP contribution is -2.23. The van der Waals surface area contributed by atoms with Gasteiger partial charge in [0.2, 0.25) is 0 Å². The van der Waals surface area contributed by atoms with E-state index >= 15 is 0 Å². The molecule has 0 saturated carbocycles. The van der Waals surface area contributed by atoms with E-state index in [0.29, 0.717) is 6.10 Å². The van der Waals surface area contributed by atoms with Crippen LogP contribution in [0.4, 0.5) is 0 Å². The Morgan fingerprint density at radius 3 is 3.05 bits per heavy atom. The molecule has 120 valence electrons. The maximum Gasteiger partial charge on any atom is 0.191 e. The summed E-state index contributed by atoms with van der Waals surface area (Å²) in [5.41, 5.74) is 0. The normalized spacial score (nSPS) is 18.4. The Kier molecular flexibility index (Phi) is 5.51. The highest BCUT2D eigenvalue weighted by Gasteiger charge is 2.21. The molecule has 7 heteroatoms. The largest absolute Gasteiger partial charge is 0.376 e. The fourth-order valence-electron chi connectivity index (χ4n) is 2.73. The summed E-state index contributed by atoms with van der Waals surface area (Å²) in [5, 5.41) is 11.8. The van der Waals surface area contributed by atoms with Crippen LogP contribution in [0.25, 0.3) is 0 Å². The van der Waals surface area contributed by atoms with Crippen LogP contribution in [0.1, 0.15) is 23.5 Å². The first-order chi connectivity index (χ1) is 10.8. The molecule has 0 radical (unpaired) electrons. The molecule has 1 atom stereocenters. The number of hydrogen-bond donors (Lipinski definition) is 0. The summed E-state index contributed by atoms with van der Waals surface area (Å²) in [6.07, 6.45) is 4.66. The van der Waals surface area contributed by atoms with Gasteiger partial charge in [0.25, 0.3) is 0 Å². The summed E-state index contributed by atoms with van der Waals surface area (Å²) in [7, 11) is 2.13. The molecule has 5 nitrogen and oxygen atoms in total. The van der Waals surface area contributed by atoms with Gasteiger partial charge in [-0.15, -0.1) is 21.5 Å². The number of thioether (sulfide) groups is 1. The van der Waals surface area contributed by atoms with Gasteiger partial charge in [-0.05, 0) is 37.6 Å². The molecule has 2 aromatic rings. The molecular formula is C15H22N4OS2. The Labute approximate surface area is 139 Å². The second-order valence-electron chi connectivity index (χ2n) is 5.60. The number of thiophene rings is 1. The minimum Gasteiger partial charge on any atom is -0.376 e. The summed E-state index contributed by atoms with van der Waals surface area (Å²) in [6, 6.07) is 4.27. The van der Waals surface area contributed by atoms with Crippen molar-refractivity contribution < 1.29 is 4.74 Å². The molecule has 1 aliphatic heterocycles. The third-order valence-electron chi connectivity index (χ3n) is 3.80. The molecule has 0 aliphatic carbocycles. The molecule has 1 aliphatic rings. The van der Waals surface area contributed by atoms with E-state index in [1.54, 1.807) is 23.1 Å². The van der Waals surface area contributed by atoms with Crippen molar-refractivity contribution in [1.29, 1.82) is 0 Å². The maximum atomic E-state index is 5.77. The first-order valence-electron chi connectivity index (χ1n) is 7.55. The molecule has 2 aromatic heterocycles. The van der Waals surface area contributed by atoms with Crippen molar-refractivity contribution in [3.8, 4) is 0 Å². The van der Waals surface area contributed by atoms with Gasteiger partial charge in [0.05, 0.1) is 19.2 Å². The lowest BCUT2D eigenvalue weighted by atomic mass is 10.2. The summed E-state index contributed by atoms with van der Waals surface area (Å²) in [6.45, 7) is 3.50. The molecule has 0 amide bonds. The second kappa shape index (κ2) is 7.59. The fourth-order valence-corrected chi connectivity index (χ4v) is 4.03. The highest BCUT2D eigenvalue weighted by molar-refractivity contribution is 7.98. The van der Waals surface area contributed by atoms with E-state index in [0.717, 1.165) is 50.1 Å². The van der Waals surface area contributed by atoms with Crippen LogP contribution in [-0.2, 0) is 24.4 Å². The summed E-state index contributed by atoms with van der Waals surface area (Å²) in [5.74, 6) is 1.03. The minimum atomic E-state index is 0.309. The molecule has 0 bridgehead atoms. The molecule has 1 saturated heterocycles. The van der Waals surface area contributed by atoms with E-state index < -0.39 is 0 Å². The number of ether oxygens (including phenoxy) is 1. The standard InChI is InChI=1S/C15H22N4OS2/c1-18(10-13-6-4-8-22-13)11-14-16-17-15(21-2)19(14)9-12-5-3-7-20-12/h4,6,8,12H,3,5,7,9-11H2,1-2H3/t12-/m1/s1. The Balaban J connectivity index is 1.67. The van der Waals surface area contributed by atoms with Crippen LogP contribution in [-0.4, -0.2) is 45.7 Å². The Morgan fingerprint density at radius 2 is 2.36 bits per heavy atom. The first-order valence-corrected chi connectivity index (χ1v) is 9.65. The van der Waals surface area contributed by atoms with Gasteiger partial charge in [-0.2, -0.15) is 0 Å². The average molecular weight is 339 g/mol. The average Bonchev–Trinajstić information content (AvgIpc) is 3.23. The van der Waals surface area contributed by atoms with E-state index in [9.17, 15) is 0 Å². The van der Waals surface area contributed by atoms with Crippen LogP contribution in [0.2, 0.25) is 0 Å². The summed E-state index contributed by atoms with van der Waals surface area (Å²) in [4.78, 5) is 3.66. The molecular weight excluding hydrogens is 316 g/mol. The monoisotopic (exact) mass is 338 g/mol. The van der Waals surface area contributed by atoms with Crippen molar-refractivity contribution in [1.82, 2.24) is 19.7 Å². The van der Waals surface area contributed by atoms with Gasteiger partial charge < -0.3 is 9.30 Å². The molecule has 0 N–H and O–H groups in total. The second-order valence-corrected chi connectivity index (χ2v) is 7.41. The molecule has 22 heavy (non-hydrogen) atoms. The number of hydrogen-bond acceptors (Lipinski definition) is 6. The highest BCUT2D eigenvalue weighted by atomic mass is 32.2. The van der Waals surface area contributed by atoms with Gasteiger partial charge in [0, 0.05) is 18.0 Å². The van der Waals surface area contributed by atoms with Crippen molar-refractivity contribution in [3.05, 3.63) is 28.2 Å². The van der Waals surface area contributed by atoms with Crippen molar-refractivity contribution in [2.24, 2.45) is 0 Å². The van der Waals surface area contributed by atoms with E-state index in [1.165, 1.54) is 4.88 Å². The molecule has 0 unspecified atom stereocenters. The van der Waals surface area contributed by atoms with Crippen LogP contribution in [0.15, 0.2) is 22.7 Å². The van der Waals surface area contributed by atoms with Crippen LogP contribution in [0.5, 0.6) is 0 Å². The zero-order chi connectivity index (χ0) is 15.4. The zero-order valence-electron chi connectivity index (χ0n) is 13.1. The van der Waals surface area contributed by atoms with Gasteiger partial charge in [0.1, 0.15) is 5.82 Å². The molecule has 0 aromatic carbocycles. The number of rotatable bonds is 7. The third-order valence-corrected chi connectivity index (χ3v) is 5.33. The first kappa shape index (κ1) is 16.0. The van der Waals surface area contributed by atoms with Gasteiger partial charge >= 0.3 is 0 Å². The number of nitrogens with zero attached hydrogens (tertiary/aromatic N) is 4. The van der Waals surface area contributed by atoms with E-state index in [2.05, 4.69) is 50.5 Å². The molecule has 1 fully saturated rings. The van der Waals surface area contributed by atoms with E-state index in [1.807, 2.05) is 0 Å². The van der Waals surface area contributed by atoms with Crippen LogP contribution < -0.4 is 0 Å². The lowest BCUT2D eigenvalue weighted by molar-refractivity contribution is 0.0934. The van der Waals surface area contributed by atoms with E-state index in [4.69, 9.17) is 4.74 Å². The molecule has 3 heterocycles. The Morgan fingerprint density at radius 1 is 1.45 bits per heavy atom. The third kappa shape index (κ3) is 3.90. The fraction of sp³-hybridized carbons (Fsp3) is 0.600. The predicted molar refractivity (Wildman–Crippen MR) is 90.3 cm³/mol. The Bertz CT molecular complexity index is 578. The van der Waals surface area contributed by atoms with Gasteiger partial charge in [0.15, 0.2) is 5.16 Å². The lowest BCUT2D eigenvalue weighted by Gasteiger charge is -2.18. The highest BCUT2D eigenvalue weighted by Crippen LogP contribution is 2.21.